The predicted molar refractivity (Wildman–Crippen MR) is 128 cm³/mol. The molecule has 2 aliphatic rings. The van der Waals surface area contributed by atoms with Crippen LogP contribution >= 0.6 is 11.9 Å². The lowest BCUT2D eigenvalue weighted by molar-refractivity contribution is 0.227. The van der Waals surface area contributed by atoms with E-state index in [2.05, 4.69) is 56.7 Å². The Labute approximate surface area is 181 Å². The number of piperazine rings is 1. The number of hydrogen-bond acceptors (Lipinski definition) is 7. The van der Waals surface area contributed by atoms with Gasteiger partial charge >= 0.3 is 0 Å². The lowest BCUT2D eigenvalue weighted by atomic mass is 10.0. The average Bonchev–Trinajstić information content (AvgIpc) is 2.80. The van der Waals surface area contributed by atoms with Crippen molar-refractivity contribution in [3.63, 3.8) is 0 Å². The molecule has 1 fully saturated rings. The number of aliphatic hydroxyl groups is 1. The fourth-order valence-corrected chi connectivity index (χ4v) is 3.44. The number of aromatic nitrogens is 2. The van der Waals surface area contributed by atoms with E-state index in [4.69, 9.17) is 0 Å². The summed E-state index contributed by atoms with van der Waals surface area (Å²) in [6.45, 7) is 12.7. The lowest BCUT2D eigenvalue weighted by Crippen LogP contribution is -2.43. The Hall–Kier alpha value is -1.57. The van der Waals surface area contributed by atoms with E-state index in [0.29, 0.717) is 6.54 Å². The molecular weight excluding hydrogens is 382 g/mol. The highest BCUT2D eigenvalue weighted by Gasteiger charge is 2.18. The number of aliphatic hydroxyl groups excluding tert-OH is 1. The van der Waals surface area contributed by atoms with E-state index in [-0.39, 0.29) is 0 Å². The summed E-state index contributed by atoms with van der Waals surface area (Å²) in [6, 6.07) is 1.96. The number of nitrogens with one attached hydrogen (secondary N) is 1. The maximum atomic E-state index is 10.3. The third-order valence-electron chi connectivity index (χ3n) is 4.36. The predicted octanol–water partition coefficient (Wildman–Crippen LogP) is 4.37. The zero-order valence-corrected chi connectivity index (χ0v) is 19.6. The van der Waals surface area contributed by atoms with Gasteiger partial charge in [-0.3, -0.25) is 0 Å². The number of hydrogen-bond donors (Lipinski definition) is 2. The normalized spacial score (nSPS) is 17.3. The molecule has 0 saturated carbocycles. The van der Waals surface area contributed by atoms with E-state index >= 15 is 0 Å². The summed E-state index contributed by atoms with van der Waals surface area (Å²) in [5.74, 6) is 1.70. The molecule has 1 unspecified atom stereocenters. The highest BCUT2D eigenvalue weighted by molar-refractivity contribution is 7.96. The quantitative estimate of drug-likeness (QED) is 0.661. The Balaban J connectivity index is 0.000000771. The first-order valence-corrected chi connectivity index (χ1v) is 12.0. The van der Waals surface area contributed by atoms with Crippen molar-refractivity contribution >= 4 is 23.6 Å². The van der Waals surface area contributed by atoms with E-state index in [1.165, 1.54) is 6.42 Å². The van der Waals surface area contributed by atoms with Crippen molar-refractivity contribution in [3.8, 4) is 0 Å². The van der Waals surface area contributed by atoms with Crippen molar-refractivity contribution in [2.24, 2.45) is 0 Å². The van der Waals surface area contributed by atoms with Gasteiger partial charge in [-0.05, 0) is 24.7 Å². The van der Waals surface area contributed by atoms with Crippen molar-refractivity contribution < 1.29 is 5.11 Å². The Morgan fingerprint density at radius 3 is 2.41 bits per heavy atom. The topological polar surface area (TPSA) is 64.5 Å². The summed E-state index contributed by atoms with van der Waals surface area (Å²) in [5, 5.41) is 13.5. The van der Waals surface area contributed by atoms with Crippen molar-refractivity contribution in [2.45, 2.75) is 53.1 Å². The van der Waals surface area contributed by atoms with Crippen molar-refractivity contribution in [1.82, 2.24) is 14.3 Å². The molecular formula is C22H39N5OS. The minimum atomic E-state index is -0.509. The van der Waals surface area contributed by atoms with Crippen LogP contribution in [0.5, 0.6) is 0 Å². The van der Waals surface area contributed by atoms with Gasteiger partial charge in [-0.15, -0.1) is 0 Å². The van der Waals surface area contributed by atoms with E-state index in [1.807, 2.05) is 26.0 Å². The molecule has 1 aliphatic heterocycles. The van der Waals surface area contributed by atoms with Crippen LogP contribution in [0.25, 0.3) is 0 Å². The summed E-state index contributed by atoms with van der Waals surface area (Å²) in [6.07, 6.45) is 12.7. The van der Waals surface area contributed by atoms with Crippen molar-refractivity contribution in [1.29, 1.82) is 0 Å². The van der Waals surface area contributed by atoms with Gasteiger partial charge in [0.25, 0.3) is 0 Å². The molecule has 0 amide bonds. The maximum Gasteiger partial charge on any atom is 0.134 e. The second-order valence-electron chi connectivity index (χ2n) is 6.65. The monoisotopic (exact) mass is 421 g/mol. The minimum Gasteiger partial charge on any atom is -0.387 e. The Bertz CT molecular complexity index is 615. The van der Waals surface area contributed by atoms with Gasteiger partial charge in [0.1, 0.15) is 18.0 Å². The molecule has 164 valence electrons. The van der Waals surface area contributed by atoms with Gasteiger partial charge in [0.15, 0.2) is 0 Å². The molecule has 1 atom stereocenters. The maximum absolute atomic E-state index is 10.3. The van der Waals surface area contributed by atoms with Gasteiger partial charge in [0.05, 0.1) is 6.10 Å². The van der Waals surface area contributed by atoms with E-state index in [0.717, 1.165) is 56.2 Å². The van der Waals surface area contributed by atoms with Crippen LogP contribution in [-0.4, -0.2) is 64.5 Å². The van der Waals surface area contributed by atoms with E-state index in [9.17, 15) is 5.11 Å². The summed E-state index contributed by atoms with van der Waals surface area (Å²) in [5.41, 5.74) is 0.983. The van der Waals surface area contributed by atoms with E-state index in [1.54, 1.807) is 18.3 Å². The van der Waals surface area contributed by atoms with Gasteiger partial charge in [0.2, 0.25) is 0 Å². The standard InChI is InChI=1S/C17H25N5OS.C3H8.C2H6/c1-24-22-9-7-21(8-10-22)17-11-16(19-13-20-17)18-12-15(23)14-5-3-2-4-6-14;1-3-2;1-2/h3,5-6,11,13,15,23H,2,4,7-10,12H2,1H3,(H,18,19,20);3H2,1-2H3;1-2H3. The molecule has 3 rings (SSSR count). The highest BCUT2D eigenvalue weighted by Crippen LogP contribution is 2.19. The van der Waals surface area contributed by atoms with Crippen LogP contribution in [0.3, 0.4) is 0 Å². The Kier molecular flexibility index (Phi) is 13.4. The molecule has 6 nitrogen and oxygen atoms in total. The number of allylic oxidation sites excluding steroid dienone is 2. The first-order chi connectivity index (χ1) is 14.2. The molecule has 1 saturated heterocycles. The molecule has 0 radical (unpaired) electrons. The summed E-state index contributed by atoms with van der Waals surface area (Å²) < 4.78 is 2.36. The first kappa shape index (κ1) is 25.5. The third-order valence-corrected chi connectivity index (χ3v) is 5.24. The number of anilines is 2. The fourth-order valence-electron chi connectivity index (χ4n) is 2.92. The Morgan fingerprint density at radius 2 is 1.83 bits per heavy atom. The van der Waals surface area contributed by atoms with Gasteiger partial charge in [0, 0.05) is 38.8 Å². The lowest BCUT2D eigenvalue weighted by Gasteiger charge is -2.33. The Morgan fingerprint density at radius 1 is 1.14 bits per heavy atom. The van der Waals surface area contributed by atoms with Gasteiger partial charge in [-0.1, -0.05) is 64.3 Å². The minimum absolute atomic E-state index is 0.451. The molecule has 1 aromatic rings. The average molecular weight is 422 g/mol. The molecule has 0 spiro atoms. The van der Waals surface area contributed by atoms with Crippen LogP contribution in [0.15, 0.2) is 36.2 Å². The smallest absolute Gasteiger partial charge is 0.134 e. The summed E-state index contributed by atoms with van der Waals surface area (Å²) in [7, 11) is 0. The van der Waals surface area contributed by atoms with Crippen molar-refractivity contribution in [2.75, 3.05) is 49.2 Å². The molecule has 2 heterocycles. The van der Waals surface area contributed by atoms with Crippen LogP contribution < -0.4 is 10.2 Å². The first-order valence-electron chi connectivity index (χ1n) is 10.8. The molecule has 0 aromatic carbocycles. The van der Waals surface area contributed by atoms with Crippen LogP contribution in [-0.2, 0) is 0 Å². The van der Waals surface area contributed by atoms with E-state index < -0.39 is 6.10 Å². The fraction of sp³-hybridized carbons (Fsp3) is 0.636. The molecule has 2 N–H and O–H groups in total. The number of nitrogens with zero attached hydrogens (tertiary/aromatic N) is 4. The highest BCUT2D eigenvalue weighted by atomic mass is 32.2. The third kappa shape index (κ3) is 9.19. The van der Waals surface area contributed by atoms with Gasteiger partial charge in [-0.25, -0.2) is 14.3 Å². The summed E-state index contributed by atoms with van der Waals surface area (Å²) >= 11 is 1.79. The second kappa shape index (κ2) is 15.3. The van der Waals surface area contributed by atoms with Crippen LogP contribution in [0.1, 0.15) is 47.0 Å². The summed E-state index contributed by atoms with van der Waals surface area (Å²) in [4.78, 5) is 10.9. The molecule has 29 heavy (non-hydrogen) atoms. The zero-order valence-electron chi connectivity index (χ0n) is 18.8. The molecule has 7 heteroatoms. The SMILES string of the molecule is CC.CCC.CSN1CCN(c2cc(NCC(O)C3=CCCC=C3)ncn2)CC1. The van der Waals surface area contributed by atoms with Gasteiger partial charge in [-0.2, -0.15) is 0 Å². The zero-order chi connectivity index (χ0) is 21.5. The van der Waals surface area contributed by atoms with Crippen LogP contribution in [0.2, 0.25) is 0 Å². The van der Waals surface area contributed by atoms with Crippen molar-refractivity contribution in [3.05, 3.63) is 36.2 Å². The molecule has 1 aliphatic carbocycles. The van der Waals surface area contributed by atoms with Gasteiger partial charge < -0.3 is 15.3 Å². The molecule has 1 aromatic heterocycles. The van der Waals surface area contributed by atoms with Crippen LogP contribution in [0, 0.1) is 0 Å². The second-order valence-corrected chi connectivity index (χ2v) is 7.53. The van der Waals surface area contributed by atoms with Crippen LogP contribution in [0.4, 0.5) is 11.6 Å². The largest absolute Gasteiger partial charge is 0.387 e. The number of rotatable bonds is 6. The molecule has 0 bridgehead atoms.